The summed E-state index contributed by atoms with van der Waals surface area (Å²) in [6.45, 7) is 5.46. The molecular formula is C19H28N6O2S. The number of thiophene rings is 1. The molecule has 2 aromatic rings. The first-order valence-corrected chi connectivity index (χ1v) is 10.8. The first kappa shape index (κ1) is 19.4. The molecular weight excluding hydrogens is 376 g/mol. The molecule has 0 bridgehead atoms. The monoisotopic (exact) mass is 404 g/mol. The van der Waals surface area contributed by atoms with Crippen LogP contribution in [0.3, 0.4) is 0 Å². The molecule has 2 aliphatic heterocycles. The normalized spacial score (nSPS) is 20.2. The smallest absolute Gasteiger partial charge is 0.317 e. The predicted molar refractivity (Wildman–Crippen MR) is 107 cm³/mol. The molecule has 4 rings (SSSR count). The molecule has 2 aromatic heterocycles. The zero-order valence-corrected chi connectivity index (χ0v) is 17.1. The van der Waals surface area contributed by atoms with Crippen LogP contribution in [-0.2, 0) is 11.8 Å². The summed E-state index contributed by atoms with van der Waals surface area (Å²) in [7, 11) is 1.98. The van der Waals surface area contributed by atoms with Gasteiger partial charge in [0.25, 0.3) is 0 Å². The topological polar surface area (TPSA) is 75.5 Å². The van der Waals surface area contributed by atoms with E-state index in [0.717, 1.165) is 58.1 Å². The van der Waals surface area contributed by atoms with Crippen LogP contribution in [0.25, 0.3) is 0 Å². The van der Waals surface area contributed by atoms with E-state index in [1.54, 1.807) is 17.7 Å². The Hall–Kier alpha value is -1.97. The minimum absolute atomic E-state index is 0.0335. The number of hydrogen-bond acceptors (Lipinski definition) is 6. The average molecular weight is 405 g/mol. The van der Waals surface area contributed by atoms with Crippen LogP contribution in [0.4, 0.5) is 4.79 Å². The maximum atomic E-state index is 12.8. The molecule has 0 radical (unpaired) electrons. The van der Waals surface area contributed by atoms with Crippen LogP contribution in [-0.4, -0.2) is 76.5 Å². The fraction of sp³-hybridized carbons (Fsp3) is 0.632. The quantitative estimate of drug-likeness (QED) is 0.823. The number of likely N-dealkylation sites (tertiary alicyclic amines) is 1. The standard InChI is InChI=1S/C19H28N6O2S/c1-23-14-21-22-18(23)15-4-6-25(7-5-15)19(26)20-13-16(17-3-2-12-28-17)24-8-10-27-11-9-24/h2-3,12,14-16H,4-11,13H2,1H3,(H,20,26). The van der Waals surface area contributed by atoms with Crippen molar-refractivity contribution in [2.24, 2.45) is 7.05 Å². The van der Waals surface area contributed by atoms with Gasteiger partial charge in [0.05, 0.1) is 19.3 Å². The van der Waals surface area contributed by atoms with Crippen LogP contribution in [0.1, 0.15) is 35.5 Å². The number of piperidine rings is 1. The largest absolute Gasteiger partial charge is 0.379 e. The number of nitrogens with zero attached hydrogens (tertiary/aromatic N) is 5. The molecule has 2 saturated heterocycles. The number of carbonyl (C=O) groups is 1. The molecule has 8 nitrogen and oxygen atoms in total. The number of aromatic nitrogens is 3. The molecule has 2 fully saturated rings. The highest BCUT2D eigenvalue weighted by Crippen LogP contribution is 2.27. The van der Waals surface area contributed by atoms with E-state index < -0.39 is 0 Å². The molecule has 2 amide bonds. The van der Waals surface area contributed by atoms with Crippen molar-refractivity contribution in [1.29, 1.82) is 0 Å². The van der Waals surface area contributed by atoms with E-state index in [1.807, 2.05) is 16.5 Å². The molecule has 9 heteroatoms. The second kappa shape index (κ2) is 9.02. The molecule has 152 valence electrons. The number of amides is 2. The Morgan fingerprint density at radius 2 is 2.11 bits per heavy atom. The molecule has 28 heavy (non-hydrogen) atoms. The molecule has 0 spiro atoms. The van der Waals surface area contributed by atoms with Crippen LogP contribution < -0.4 is 5.32 Å². The van der Waals surface area contributed by atoms with Gasteiger partial charge in [-0.2, -0.15) is 0 Å². The van der Waals surface area contributed by atoms with Gasteiger partial charge in [-0.25, -0.2) is 4.79 Å². The lowest BCUT2D eigenvalue weighted by Crippen LogP contribution is -2.48. The van der Waals surface area contributed by atoms with E-state index in [9.17, 15) is 4.79 Å². The third kappa shape index (κ3) is 4.37. The van der Waals surface area contributed by atoms with E-state index >= 15 is 0 Å². The van der Waals surface area contributed by atoms with E-state index in [4.69, 9.17) is 4.74 Å². The third-order valence-electron chi connectivity index (χ3n) is 5.70. The molecule has 0 aromatic carbocycles. The number of carbonyl (C=O) groups excluding carboxylic acids is 1. The van der Waals surface area contributed by atoms with Gasteiger partial charge in [-0.15, -0.1) is 21.5 Å². The highest BCUT2D eigenvalue weighted by molar-refractivity contribution is 7.10. The lowest BCUT2D eigenvalue weighted by Gasteiger charge is -2.35. The lowest BCUT2D eigenvalue weighted by atomic mass is 9.96. The van der Waals surface area contributed by atoms with Gasteiger partial charge in [-0.3, -0.25) is 4.90 Å². The predicted octanol–water partition coefficient (Wildman–Crippen LogP) is 1.84. The van der Waals surface area contributed by atoms with Crippen LogP contribution in [0, 0.1) is 0 Å². The number of ether oxygens (including phenoxy) is 1. The summed E-state index contributed by atoms with van der Waals surface area (Å²) >= 11 is 1.75. The van der Waals surface area contributed by atoms with Crippen molar-refractivity contribution < 1.29 is 9.53 Å². The summed E-state index contributed by atoms with van der Waals surface area (Å²) in [5.74, 6) is 1.40. The third-order valence-corrected chi connectivity index (χ3v) is 6.67. The Balaban J connectivity index is 1.31. The van der Waals surface area contributed by atoms with Crippen molar-refractivity contribution >= 4 is 17.4 Å². The zero-order chi connectivity index (χ0) is 19.3. The summed E-state index contributed by atoms with van der Waals surface area (Å²) in [5, 5.41) is 13.5. The Morgan fingerprint density at radius 1 is 1.32 bits per heavy atom. The van der Waals surface area contributed by atoms with E-state index in [1.165, 1.54) is 4.88 Å². The van der Waals surface area contributed by atoms with Crippen LogP contribution in [0.2, 0.25) is 0 Å². The zero-order valence-electron chi connectivity index (χ0n) is 16.3. The lowest BCUT2D eigenvalue weighted by molar-refractivity contribution is 0.0171. The second-order valence-electron chi connectivity index (χ2n) is 7.43. The van der Waals surface area contributed by atoms with Gasteiger partial charge in [0, 0.05) is 50.6 Å². The number of aryl methyl sites for hydroxylation is 1. The molecule has 1 unspecified atom stereocenters. The summed E-state index contributed by atoms with van der Waals surface area (Å²) in [4.78, 5) is 18.4. The Kier molecular flexibility index (Phi) is 6.23. The molecule has 0 saturated carbocycles. The molecule has 1 atom stereocenters. The van der Waals surface area contributed by atoms with Crippen LogP contribution in [0.15, 0.2) is 23.8 Å². The van der Waals surface area contributed by atoms with Crippen LogP contribution >= 0.6 is 11.3 Å². The van der Waals surface area contributed by atoms with Gasteiger partial charge in [0.2, 0.25) is 0 Å². The molecule has 0 aliphatic carbocycles. The minimum atomic E-state index is 0.0335. The summed E-state index contributed by atoms with van der Waals surface area (Å²) in [6, 6.07) is 4.48. The van der Waals surface area contributed by atoms with Gasteiger partial charge in [-0.1, -0.05) is 6.07 Å². The second-order valence-corrected chi connectivity index (χ2v) is 8.41. The van der Waals surface area contributed by atoms with Crippen molar-refractivity contribution in [2.75, 3.05) is 45.9 Å². The SMILES string of the molecule is Cn1cnnc1C1CCN(C(=O)NCC(c2cccs2)N2CCOCC2)CC1. The molecule has 2 aliphatic rings. The first-order valence-electron chi connectivity index (χ1n) is 9.94. The van der Waals surface area contributed by atoms with Gasteiger partial charge in [0.1, 0.15) is 12.2 Å². The van der Waals surface area contributed by atoms with E-state index in [2.05, 4.69) is 37.9 Å². The summed E-state index contributed by atoms with van der Waals surface area (Å²) in [6.07, 6.45) is 3.60. The Bertz CT molecular complexity index is 750. The summed E-state index contributed by atoms with van der Waals surface area (Å²) in [5.41, 5.74) is 0. The molecule has 1 N–H and O–H groups in total. The Labute approximate surface area is 169 Å². The van der Waals surface area contributed by atoms with Gasteiger partial charge in [-0.05, 0) is 24.3 Å². The Morgan fingerprint density at radius 3 is 2.75 bits per heavy atom. The highest BCUT2D eigenvalue weighted by Gasteiger charge is 2.28. The molecule has 4 heterocycles. The fourth-order valence-corrected chi connectivity index (χ4v) is 4.94. The fourth-order valence-electron chi connectivity index (χ4n) is 4.08. The number of morpholine rings is 1. The average Bonchev–Trinajstić information content (AvgIpc) is 3.41. The van der Waals surface area contributed by atoms with Crippen molar-refractivity contribution in [3.63, 3.8) is 0 Å². The number of hydrogen-bond donors (Lipinski definition) is 1. The van der Waals surface area contributed by atoms with Crippen LogP contribution in [0.5, 0.6) is 0 Å². The van der Waals surface area contributed by atoms with Crippen molar-refractivity contribution in [1.82, 2.24) is 29.9 Å². The van der Waals surface area contributed by atoms with Crippen molar-refractivity contribution in [3.8, 4) is 0 Å². The van der Waals surface area contributed by atoms with E-state index in [-0.39, 0.29) is 12.1 Å². The number of rotatable bonds is 5. The number of nitrogens with one attached hydrogen (secondary N) is 1. The van der Waals surface area contributed by atoms with Gasteiger partial charge >= 0.3 is 6.03 Å². The summed E-state index contributed by atoms with van der Waals surface area (Å²) < 4.78 is 7.47. The van der Waals surface area contributed by atoms with Crippen molar-refractivity contribution in [3.05, 3.63) is 34.5 Å². The first-order chi connectivity index (χ1) is 13.7. The van der Waals surface area contributed by atoms with Crippen molar-refractivity contribution in [2.45, 2.75) is 24.8 Å². The maximum Gasteiger partial charge on any atom is 0.317 e. The van der Waals surface area contributed by atoms with E-state index in [0.29, 0.717) is 12.5 Å². The van der Waals surface area contributed by atoms with Gasteiger partial charge in [0.15, 0.2) is 0 Å². The number of urea groups is 1. The van der Waals surface area contributed by atoms with Gasteiger partial charge < -0.3 is 19.5 Å². The minimum Gasteiger partial charge on any atom is -0.379 e. The maximum absolute atomic E-state index is 12.8. The highest BCUT2D eigenvalue weighted by atomic mass is 32.1.